The van der Waals surface area contributed by atoms with Crippen molar-refractivity contribution in [2.24, 2.45) is 5.41 Å². The summed E-state index contributed by atoms with van der Waals surface area (Å²) in [6.45, 7) is 0. The Morgan fingerprint density at radius 1 is 1.33 bits per heavy atom. The van der Waals surface area contributed by atoms with Crippen LogP contribution in [0.3, 0.4) is 0 Å². The molecular formula is C13H15NO4. The summed E-state index contributed by atoms with van der Waals surface area (Å²) in [6, 6.07) is 7.04. The SMILES string of the molecule is COc1ccccc1N(C)C(=O)C1(C(=O)O)CC1. The van der Waals surface area contributed by atoms with Gasteiger partial charge in [-0.05, 0) is 25.0 Å². The van der Waals surface area contributed by atoms with Gasteiger partial charge in [-0.15, -0.1) is 0 Å². The van der Waals surface area contributed by atoms with E-state index in [0.717, 1.165) is 0 Å². The molecule has 0 atom stereocenters. The van der Waals surface area contributed by atoms with Gasteiger partial charge in [0.15, 0.2) is 0 Å². The number of rotatable bonds is 4. The molecule has 0 spiro atoms. The van der Waals surface area contributed by atoms with Gasteiger partial charge < -0.3 is 14.7 Å². The number of anilines is 1. The largest absolute Gasteiger partial charge is 0.495 e. The van der Waals surface area contributed by atoms with E-state index >= 15 is 0 Å². The highest BCUT2D eigenvalue weighted by molar-refractivity contribution is 6.12. The fourth-order valence-electron chi connectivity index (χ4n) is 1.98. The lowest BCUT2D eigenvalue weighted by Gasteiger charge is -2.22. The number of amides is 1. The van der Waals surface area contributed by atoms with Crippen LogP contribution in [-0.2, 0) is 9.59 Å². The van der Waals surface area contributed by atoms with E-state index < -0.39 is 11.4 Å². The van der Waals surface area contributed by atoms with Crippen LogP contribution in [0.4, 0.5) is 5.69 Å². The second-order valence-corrected chi connectivity index (χ2v) is 4.42. The predicted octanol–water partition coefficient (Wildman–Crippen LogP) is 1.52. The standard InChI is InChI=1S/C13H15NO4/c1-14(9-5-3-4-6-10(9)18-2)11(15)13(7-8-13)12(16)17/h3-6H,7-8H2,1-2H3,(H,16,17). The highest BCUT2D eigenvalue weighted by atomic mass is 16.5. The van der Waals surface area contributed by atoms with Crippen LogP contribution in [0, 0.1) is 5.41 Å². The van der Waals surface area contributed by atoms with Gasteiger partial charge in [0.05, 0.1) is 12.8 Å². The first kappa shape index (κ1) is 12.4. The van der Waals surface area contributed by atoms with E-state index in [1.165, 1.54) is 12.0 Å². The molecule has 1 amide bonds. The van der Waals surface area contributed by atoms with E-state index in [1.807, 2.05) is 0 Å². The number of hydrogen-bond acceptors (Lipinski definition) is 3. The van der Waals surface area contributed by atoms with Crippen LogP contribution >= 0.6 is 0 Å². The van der Waals surface area contributed by atoms with E-state index in [4.69, 9.17) is 9.84 Å². The summed E-state index contributed by atoms with van der Waals surface area (Å²) in [7, 11) is 3.09. The van der Waals surface area contributed by atoms with Crippen molar-refractivity contribution in [1.29, 1.82) is 0 Å². The Kier molecular flexibility index (Phi) is 2.98. The number of hydrogen-bond donors (Lipinski definition) is 1. The maximum Gasteiger partial charge on any atom is 0.319 e. The number of benzene rings is 1. The Morgan fingerprint density at radius 3 is 2.44 bits per heavy atom. The summed E-state index contributed by atoms with van der Waals surface area (Å²) >= 11 is 0. The minimum atomic E-state index is -1.23. The molecule has 0 radical (unpaired) electrons. The molecule has 2 rings (SSSR count). The monoisotopic (exact) mass is 249 g/mol. The molecule has 0 unspecified atom stereocenters. The second kappa shape index (κ2) is 4.33. The first-order valence-electron chi connectivity index (χ1n) is 5.67. The minimum Gasteiger partial charge on any atom is -0.495 e. The maximum atomic E-state index is 12.2. The van der Waals surface area contributed by atoms with Crippen molar-refractivity contribution in [2.45, 2.75) is 12.8 Å². The molecule has 5 nitrogen and oxygen atoms in total. The van der Waals surface area contributed by atoms with Crippen molar-refractivity contribution in [1.82, 2.24) is 0 Å². The fourth-order valence-corrected chi connectivity index (χ4v) is 1.98. The van der Waals surface area contributed by atoms with Crippen LogP contribution in [0.1, 0.15) is 12.8 Å². The summed E-state index contributed by atoms with van der Waals surface area (Å²) in [5.41, 5.74) is -0.646. The van der Waals surface area contributed by atoms with Crippen molar-refractivity contribution in [2.75, 3.05) is 19.1 Å². The van der Waals surface area contributed by atoms with Crippen molar-refractivity contribution in [3.63, 3.8) is 0 Å². The number of carbonyl (C=O) groups excluding carboxylic acids is 1. The van der Waals surface area contributed by atoms with Crippen LogP contribution < -0.4 is 9.64 Å². The van der Waals surface area contributed by atoms with Gasteiger partial charge in [-0.25, -0.2) is 0 Å². The Morgan fingerprint density at radius 2 is 1.94 bits per heavy atom. The maximum absolute atomic E-state index is 12.2. The molecular weight excluding hydrogens is 234 g/mol. The van der Waals surface area contributed by atoms with Gasteiger partial charge >= 0.3 is 5.97 Å². The number of methoxy groups -OCH3 is 1. The highest BCUT2D eigenvalue weighted by Gasteiger charge is 2.58. The van der Waals surface area contributed by atoms with Crippen LogP contribution in [0.25, 0.3) is 0 Å². The molecule has 1 fully saturated rings. The van der Waals surface area contributed by atoms with Gasteiger partial charge in [0.2, 0.25) is 5.91 Å². The molecule has 5 heteroatoms. The Bertz CT molecular complexity index is 494. The summed E-state index contributed by atoms with van der Waals surface area (Å²) in [5.74, 6) is -0.886. The third-order valence-electron chi connectivity index (χ3n) is 3.32. The quantitative estimate of drug-likeness (QED) is 0.822. The first-order valence-corrected chi connectivity index (χ1v) is 5.67. The smallest absolute Gasteiger partial charge is 0.319 e. The number of carbonyl (C=O) groups is 2. The summed E-state index contributed by atoms with van der Waals surface area (Å²) in [5, 5.41) is 9.12. The van der Waals surface area contributed by atoms with Gasteiger partial charge in [-0.3, -0.25) is 9.59 Å². The third-order valence-corrected chi connectivity index (χ3v) is 3.32. The van der Waals surface area contributed by atoms with Crippen LogP contribution in [0.5, 0.6) is 5.75 Å². The second-order valence-electron chi connectivity index (χ2n) is 4.42. The molecule has 1 aliphatic rings. The van der Waals surface area contributed by atoms with Crippen molar-refractivity contribution >= 4 is 17.6 Å². The summed E-state index contributed by atoms with van der Waals surface area (Å²) in [4.78, 5) is 24.7. The average molecular weight is 249 g/mol. The molecule has 18 heavy (non-hydrogen) atoms. The number of aliphatic carboxylic acids is 1. The zero-order valence-corrected chi connectivity index (χ0v) is 10.3. The van der Waals surface area contributed by atoms with Crippen molar-refractivity contribution in [3.05, 3.63) is 24.3 Å². The van der Waals surface area contributed by atoms with E-state index in [0.29, 0.717) is 24.3 Å². The van der Waals surface area contributed by atoms with Gasteiger partial charge in [0.25, 0.3) is 0 Å². The van der Waals surface area contributed by atoms with Gasteiger partial charge in [0.1, 0.15) is 11.2 Å². The molecule has 0 heterocycles. The van der Waals surface area contributed by atoms with Gasteiger partial charge in [-0.1, -0.05) is 12.1 Å². The average Bonchev–Trinajstić information content (AvgIpc) is 3.18. The first-order chi connectivity index (χ1) is 8.53. The van der Waals surface area contributed by atoms with Crippen LogP contribution in [-0.4, -0.2) is 31.1 Å². The molecule has 1 aromatic rings. The molecule has 0 bridgehead atoms. The normalized spacial score (nSPS) is 15.9. The lowest BCUT2D eigenvalue weighted by atomic mass is 10.1. The van der Waals surface area contributed by atoms with E-state index in [2.05, 4.69) is 0 Å². The Labute approximate surface area is 105 Å². The lowest BCUT2D eigenvalue weighted by Crippen LogP contribution is -2.38. The molecule has 1 aromatic carbocycles. The summed E-state index contributed by atoms with van der Waals surface area (Å²) in [6.07, 6.45) is 0.807. The fraction of sp³-hybridized carbons (Fsp3) is 0.385. The Hall–Kier alpha value is -2.04. The van der Waals surface area contributed by atoms with E-state index in [9.17, 15) is 9.59 Å². The number of ether oxygens (including phenoxy) is 1. The molecule has 96 valence electrons. The molecule has 1 aliphatic carbocycles. The van der Waals surface area contributed by atoms with Crippen molar-refractivity contribution in [3.8, 4) is 5.75 Å². The summed E-state index contributed by atoms with van der Waals surface area (Å²) < 4.78 is 5.17. The number of carboxylic acid groups (broad SMARTS) is 1. The number of carboxylic acids is 1. The topological polar surface area (TPSA) is 66.8 Å². The van der Waals surface area contributed by atoms with E-state index in [-0.39, 0.29) is 5.91 Å². The molecule has 0 aromatic heterocycles. The van der Waals surface area contributed by atoms with Gasteiger partial charge in [-0.2, -0.15) is 0 Å². The minimum absolute atomic E-state index is 0.389. The van der Waals surface area contributed by atoms with Crippen LogP contribution in [0.2, 0.25) is 0 Å². The van der Waals surface area contributed by atoms with E-state index in [1.54, 1.807) is 31.3 Å². The number of para-hydroxylation sites is 2. The predicted molar refractivity (Wildman–Crippen MR) is 65.7 cm³/mol. The molecule has 0 aliphatic heterocycles. The van der Waals surface area contributed by atoms with Crippen molar-refractivity contribution < 1.29 is 19.4 Å². The molecule has 0 saturated heterocycles. The lowest BCUT2D eigenvalue weighted by molar-refractivity contribution is -0.148. The third kappa shape index (κ3) is 1.81. The number of nitrogens with zero attached hydrogens (tertiary/aromatic N) is 1. The van der Waals surface area contributed by atoms with Crippen LogP contribution in [0.15, 0.2) is 24.3 Å². The molecule has 1 N–H and O–H groups in total. The molecule has 1 saturated carbocycles. The van der Waals surface area contributed by atoms with Gasteiger partial charge in [0, 0.05) is 7.05 Å². The zero-order chi connectivity index (χ0) is 13.3. The Balaban J connectivity index is 2.29. The zero-order valence-electron chi connectivity index (χ0n) is 10.3. The highest BCUT2D eigenvalue weighted by Crippen LogP contribution is 2.48.